The second kappa shape index (κ2) is 9.10. The average Bonchev–Trinajstić information content (AvgIpc) is 3.10. The van der Waals surface area contributed by atoms with Crippen molar-refractivity contribution in [2.75, 3.05) is 26.7 Å². The van der Waals surface area contributed by atoms with E-state index in [0.29, 0.717) is 29.5 Å². The van der Waals surface area contributed by atoms with E-state index >= 15 is 0 Å². The van der Waals surface area contributed by atoms with Gasteiger partial charge in [-0.2, -0.15) is 0 Å². The SMILES string of the molecule is CN=C(NC1CCCN(Cc2ccccc2)C1)NC1C2CCOC2C12CCC2.I. The minimum Gasteiger partial charge on any atom is -0.377 e. The summed E-state index contributed by atoms with van der Waals surface area (Å²) in [4.78, 5) is 7.16. The van der Waals surface area contributed by atoms with Gasteiger partial charge in [-0.05, 0) is 44.2 Å². The average molecular weight is 510 g/mol. The number of rotatable bonds is 4. The van der Waals surface area contributed by atoms with E-state index in [-0.39, 0.29) is 24.0 Å². The quantitative estimate of drug-likeness (QED) is 0.371. The first-order valence-corrected chi connectivity index (χ1v) is 11.2. The van der Waals surface area contributed by atoms with Gasteiger partial charge >= 0.3 is 0 Å². The Morgan fingerprint density at radius 1 is 1.17 bits per heavy atom. The van der Waals surface area contributed by atoms with Crippen molar-refractivity contribution in [1.29, 1.82) is 0 Å². The lowest BCUT2D eigenvalue weighted by molar-refractivity contribution is -0.171. The molecule has 0 bridgehead atoms. The van der Waals surface area contributed by atoms with Crippen LogP contribution in [0.5, 0.6) is 0 Å². The second-order valence-corrected chi connectivity index (χ2v) is 9.23. The molecule has 2 heterocycles. The third-order valence-corrected chi connectivity index (χ3v) is 7.65. The molecule has 2 aliphatic carbocycles. The number of aliphatic imine (C=N–C) groups is 1. The van der Waals surface area contributed by atoms with Crippen LogP contribution in [0.15, 0.2) is 35.3 Å². The van der Waals surface area contributed by atoms with E-state index in [1.54, 1.807) is 0 Å². The fourth-order valence-electron chi connectivity index (χ4n) is 6.13. The van der Waals surface area contributed by atoms with Crippen LogP contribution in [-0.2, 0) is 11.3 Å². The Hall–Kier alpha value is -0.860. The van der Waals surface area contributed by atoms with E-state index in [4.69, 9.17) is 4.74 Å². The predicted octanol–water partition coefficient (Wildman–Crippen LogP) is 3.39. The van der Waals surface area contributed by atoms with Gasteiger partial charge in [-0.15, -0.1) is 24.0 Å². The second-order valence-electron chi connectivity index (χ2n) is 9.23. The lowest BCUT2D eigenvalue weighted by Crippen LogP contribution is -2.73. The molecular weight excluding hydrogens is 475 g/mol. The Labute approximate surface area is 192 Å². The first-order valence-electron chi connectivity index (χ1n) is 11.2. The number of likely N-dealkylation sites (tertiary alicyclic amines) is 1. The summed E-state index contributed by atoms with van der Waals surface area (Å²) in [6.45, 7) is 4.25. The number of halogens is 1. The van der Waals surface area contributed by atoms with Crippen LogP contribution >= 0.6 is 24.0 Å². The van der Waals surface area contributed by atoms with Crippen LogP contribution in [0.1, 0.15) is 44.1 Å². The normalized spacial score (nSPS) is 33.2. The van der Waals surface area contributed by atoms with E-state index in [9.17, 15) is 0 Å². The summed E-state index contributed by atoms with van der Waals surface area (Å²) in [5.74, 6) is 1.67. The zero-order valence-electron chi connectivity index (χ0n) is 17.5. The molecule has 29 heavy (non-hydrogen) atoms. The van der Waals surface area contributed by atoms with Gasteiger partial charge in [-0.1, -0.05) is 36.8 Å². The van der Waals surface area contributed by atoms with Gasteiger partial charge in [0.15, 0.2) is 5.96 Å². The highest BCUT2D eigenvalue weighted by molar-refractivity contribution is 14.0. The lowest BCUT2D eigenvalue weighted by Gasteiger charge is -2.63. The molecule has 5 rings (SSSR count). The molecule has 0 radical (unpaired) electrons. The van der Waals surface area contributed by atoms with Crippen molar-refractivity contribution in [1.82, 2.24) is 15.5 Å². The molecule has 1 aromatic carbocycles. The Morgan fingerprint density at radius 2 is 2.00 bits per heavy atom. The molecule has 6 heteroatoms. The van der Waals surface area contributed by atoms with Gasteiger partial charge in [-0.3, -0.25) is 9.89 Å². The maximum atomic E-state index is 6.07. The first-order chi connectivity index (χ1) is 13.8. The number of hydrogen-bond donors (Lipinski definition) is 2. The van der Waals surface area contributed by atoms with Crippen LogP contribution in [0.2, 0.25) is 0 Å². The van der Waals surface area contributed by atoms with E-state index in [1.807, 2.05) is 7.05 Å². The molecule has 4 aliphatic rings. The molecule has 0 amide bonds. The molecule has 0 aromatic heterocycles. The van der Waals surface area contributed by atoms with Crippen LogP contribution < -0.4 is 10.6 Å². The molecule has 4 atom stereocenters. The van der Waals surface area contributed by atoms with E-state index < -0.39 is 0 Å². The fraction of sp³-hybridized carbons (Fsp3) is 0.696. The van der Waals surface area contributed by atoms with Gasteiger partial charge in [0.1, 0.15) is 0 Å². The van der Waals surface area contributed by atoms with Crippen molar-refractivity contribution in [2.45, 2.75) is 63.3 Å². The fourth-order valence-corrected chi connectivity index (χ4v) is 6.13. The van der Waals surface area contributed by atoms with Crippen molar-refractivity contribution in [3.8, 4) is 0 Å². The summed E-state index contributed by atoms with van der Waals surface area (Å²) in [7, 11) is 1.91. The highest BCUT2D eigenvalue weighted by atomic mass is 127. The summed E-state index contributed by atoms with van der Waals surface area (Å²) in [5.41, 5.74) is 1.80. The Balaban J connectivity index is 0.00000205. The van der Waals surface area contributed by atoms with Crippen molar-refractivity contribution < 1.29 is 4.74 Å². The first kappa shape index (κ1) is 21.4. The topological polar surface area (TPSA) is 48.9 Å². The minimum atomic E-state index is 0. The number of ether oxygens (including phenoxy) is 1. The lowest BCUT2D eigenvalue weighted by atomic mass is 9.46. The van der Waals surface area contributed by atoms with Crippen LogP contribution in [-0.4, -0.2) is 55.8 Å². The molecule has 4 fully saturated rings. The summed E-state index contributed by atoms with van der Waals surface area (Å²) >= 11 is 0. The number of hydrogen-bond acceptors (Lipinski definition) is 3. The van der Waals surface area contributed by atoms with Crippen molar-refractivity contribution in [3.05, 3.63) is 35.9 Å². The molecule has 2 aliphatic heterocycles. The van der Waals surface area contributed by atoms with Crippen LogP contribution in [0.3, 0.4) is 0 Å². The number of nitrogens with one attached hydrogen (secondary N) is 2. The molecule has 2 saturated carbocycles. The monoisotopic (exact) mass is 510 g/mol. The van der Waals surface area contributed by atoms with Gasteiger partial charge < -0.3 is 15.4 Å². The molecule has 1 spiro atoms. The molecule has 2 saturated heterocycles. The Morgan fingerprint density at radius 3 is 2.72 bits per heavy atom. The standard InChI is InChI=1S/C23H34N4O.HI/c1-24-22(26-20-19-10-14-28-21(19)23(20)11-6-12-23)25-18-9-5-13-27(16-18)15-17-7-3-2-4-8-17;/h2-4,7-8,18-21H,5-6,9-16H2,1H3,(H2,24,25,26);1H. The third-order valence-electron chi connectivity index (χ3n) is 7.65. The number of nitrogens with zero attached hydrogens (tertiary/aromatic N) is 2. The van der Waals surface area contributed by atoms with Gasteiger partial charge in [-0.25, -0.2) is 0 Å². The summed E-state index contributed by atoms with van der Waals surface area (Å²) < 4.78 is 6.07. The Kier molecular flexibility index (Phi) is 6.71. The zero-order valence-corrected chi connectivity index (χ0v) is 19.8. The highest BCUT2D eigenvalue weighted by Gasteiger charge is 2.66. The number of benzene rings is 1. The van der Waals surface area contributed by atoms with Crippen molar-refractivity contribution in [2.24, 2.45) is 16.3 Å². The molecule has 4 unspecified atom stereocenters. The molecule has 2 N–H and O–H groups in total. The van der Waals surface area contributed by atoms with Gasteiger partial charge in [0.2, 0.25) is 0 Å². The van der Waals surface area contributed by atoms with Gasteiger partial charge in [0.25, 0.3) is 0 Å². The van der Waals surface area contributed by atoms with Crippen molar-refractivity contribution in [3.63, 3.8) is 0 Å². The van der Waals surface area contributed by atoms with Gasteiger partial charge in [0, 0.05) is 50.2 Å². The Bertz CT molecular complexity index is 708. The summed E-state index contributed by atoms with van der Waals surface area (Å²) in [6.07, 6.45) is 8.16. The minimum absolute atomic E-state index is 0. The number of guanidine groups is 1. The highest BCUT2D eigenvalue weighted by Crippen LogP contribution is 2.62. The smallest absolute Gasteiger partial charge is 0.191 e. The third kappa shape index (κ3) is 4.04. The van der Waals surface area contributed by atoms with Crippen LogP contribution in [0, 0.1) is 11.3 Å². The zero-order chi connectivity index (χ0) is 19.0. The number of piperidine rings is 1. The van der Waals surface area contributed by atoms with Crippen LogP contribution in [0.25, 0.3) is 0 Å². The maximum Gasteiger partial charge on any atom is 0.191 e. The summed E-state index contributed by atoms with van der Waals surface area (Å²) in [5, 5.41) is 7.56. The summed E-state index contributed by atoms with van der Waals surface area (Å²) in [6, 6.07) is 11.8. The van der Waals surface area contributed by atoms with E-state index in [0.717, 1.165) is 25.7 Å². The molecule has 1 aromatic rings. The molecule has 5 nitrogen and oxygen atoms in total. The van der Waals surface area contributed by atoms with Crippen LogP contribution in [0.4, 0.5) is 0 Å². The largest absolute Gasteiger partial charge is 0.377 e. The number of fused-ring (bicyclic) bond motifs is 2. The maximum absolute atomic E-state index is 6.07. The predicted molar refractivity (Wildman–Crippen MR) is 128 cm³/mol. The van der Waals surface area contributed by atoms with E-state index in [1.165, 1.54) is 50.6 Å². The van der Waals surface area contributed by atoms with Crippen molar-refractivity contribution >= 4 is 29.9 Å². The van der Waals surface area contributed by atoms with Gasteiger partial charge in [0.05, 0.1) is 6.10 Å². The van der Waals surface area contributed by atoms with E-state index in [2.05, 4.69) is 50.9 Å². The molecule has 160 valence electrons. The molecular formula is C23H35IN4O.